The third-order valence-electron chi connectivity index (χ3n) is 5.81. The van der Waals surface area contributed by atoms with Crippen LogP contribution in [0, 0.1) is 0 Å². The molecule has 2 N–H and O–H groups in total. The summed E-state index contributed by atoms with van der Waals surface area (Å²) in [5, 5.41) is 8.26. The van der Waals surface area contributed by atoms with Crippen LogP contribution in [0.4, 0.5) is 5.82 Å². The predicted molar refractivity (Wildman–Crippen MR) is 130 cm³/mol. The topological polar surface area (TPSA) is 95.9 Å². The molecule has 0 fully saturated rings. The molecule has 1 aliphatic rings. The first-order chi connectivity index (χ1) is 16.6. The van der Waals surface area contributed by atoms with E-state index in [1.807, 2.05) is 47.1 Å². The van der Waals surface area contributed by atoms with Crippen molar-refractivity contribution in [1.82, 2.24) is 25.1 Å². The predicted octanol–water partition coefficient (Wildman–Crippen LogP) is 3.84. The van der Waals surface area contributed by atoms with E-state index in [4.69, 9.17) is 11.6 Å². The Kier molecular flexibility index (Phi) is 6.14. The number of carbonyl (C=O) groups excluding carboxylic acids is 2. The van der Waals surface area contributed by atoms with Gasteiger partial charge in [-0.1, -0.05) is 35.9 Å². The van der Waals surface area contributed by atoms with Crippen LogP contribution < -0.4 is 10.2 Å². The monoisotopic (exact) mass is 474 g/mol. The van der Waals surface area contributed by atoms with Gasteiger partial charge in [0.2, 0.25) is 5.91 Å². The minimum absolute atomic E-state index is 0.0516. The molecule has 1 aliphatic heterocycles. The lowest BCUT2D eigenvalue weighted by Crippen LogP contribution is -2.36. The van der Waals surface area contributed by atoms with Gasteiger partial charge in [0.25, 0.3) is 5.91 Å². The fourth-order valence-corrected chi connectivity index (χ4v) is 4.09. The largest absolute Gasteiger partial charge is 0.352 e. The summed E-state index contributed by atoms with van der Waals surface area (Å²) in [6.07, 6.45) is 4.44. The van der Waals surface area contributed by atoms with Crippen LogP contribution in [0.25, 0.3) is 11.3 Å². The van der Waals surface area contributed by atoms with Crippen LogP contribution in [0.1, 0.15) is 28.0 Å². The fourth-order valence-electron chi connectivity index (χ4n) is 3.96. The SMILES string of the molecule is O=C(NCCc1cnc[nH]1)c1ccc(CN2C(=O)CCn3nc(-c4ccc(Cl)cc4)cc32)cc1. The third kappa shape index (κ3) is 4.72. The molecule has 0 bridgehead atoms. The smallest absolute Gasteiger partial charge is 0.251 e. The number of anilines is 1. The quantitative estimate of drug-likeness (QED) is 0.425. The number of fused-ring (bicyclic) bond motifs is 1. The number of rotatable bonds is 7. The van der Waals surface area contributed by atoms with Crippen molar-refractivity contribution >= 4 is 29.2 Å². The maximum atomic E-state index is 12.7. The normalized spacial score (nSPS) is 13.1. The van der Waals surface area contributed by atoms with Crippen LogP contribution in [-0.4, -0.2) is 38.1 Å². The average Bonchev–Trinajstić information content (AvgIpc) is 3.52. The molecule has 2 amide bonds. The summed E-state index contributed by atoms with van der Waals surface area (Å²) in [7, 11) is 0. The minimum atomic E-state index is -0.134. The van der Waals surface area contributed by atoms with Gasteiger partial charge in [0, 0.05) is 53.5 Å². The fraction of sp³-hybridized carbons (Fsp3) is 0.200. The highest BCUT2D eigenvalue weighted by atomic mass is 35.5. The van der Waals surface area contributed by atoms with Crippen molar-refractivity contribution in [3.05, 3.63) is 89.0 Å². The summed E-state index contributed by atoms with van der Waals surface area (Å²) in [4.78, 5) is 33.9. The maximum Gasteiger partial charge on any atom is 0.251 e. The third-order valence-corrected chi connectivity index (χ3v) is 6.06. The van der Waals surface area contributed by atoms with Crippen LogP contribution in [-0.2, 0) is 24.3 Å². The van der Waals surface area contributed by atoms with E-state index in [-0.39, 0.29) is 11.8 Å². The molecule has 2 aromatic carbocycles. The molecule has 0 saturated carbocycles. The van der Waals surface area contributed by atoms with E-state index in [0.717, 1.165) is 28.3 Å². The number of aromatic nitrogens is 4. The van der Waals surface area contributed by atoms with E-state index < -0.39 is 0 Å². The molecule has 8 nitrogen and oxygen atoms in total. The van der Waals surface area contributed by atoms with E-state index in [9.17, 15) is 9.59 Å². The molecule has 0 radical (unpaired) electrons. The number of hydrogen-bond acceptors (Lipinski definition) is 4. The summed E-state index contributed by atoms with van der Waals surface area (Å²) in [5.74, 6) is 0.684. The van der Waals surface area contributed by atoms with Crippen LogP contribution in [0.5, 0.6) is 0 Å². The molecule has 0 atom stereocenters. The summed E-state index contributed by atoms with van der Waals surface area (Å²) >= 11 is 6.00. The summed E-state index contributed by atoms with van der Waals surface area (Å²) in [5.41, 5.74) is 4.23. The van der Waals surface area contributed by atoms with Crippen molar-refractivity contribution in [2.75, 3.05) is 11.4 Å². The summed E-state index contributed by atoms with van der Waals surface area (Å²) < 4.78 is 1.87. The molecule has 0 aliphatic carbocycles. The molecule has 2 aromatic heterocycles. The highest BCUT2D eigenvalue weighted by molar-refractivity contribution is 6.30. The zero-order valence-electron chi connectivity index (χ0n) is 18.4. The lowest BCUT2D eigenvalue weighted by molar-refractivity contribution is -0.119. The van der Waals surface area contributed by atoms with E-state index in [1.165, 1.54) is 0 Å². The average molecular weight is 475 g/mol. The Morgan fingerprint density at radius 3 is 2.65 bits per heavy atom. The molecule has 9 heteroatoms. The number of amides is 2. The van der Waals surface area contributed by atoms with E-state index in [0.29, 0.717) is 43.1 Å². The van der Waals surface area contributed by atoms with Gasteiger partial charge >= 0.3 is 0 Å². The van der Waals surface area contributed by atoms with Gasteiger partial charge in [-0.25, -0.2) is 9.67 Å². The van der Waals surface area contributed by atoms with Gasteiger partial charge in [-0.15, -0.1) is 0 Å². The van der Waals surface area contributed by atoms with Crippen LogP contribution in [0.3, 0.4) is 0 Å². The van der Waals surface area contributed by atoms with Gasteiger partial charge in [0.05, 0.1) is 25.1 Å². The summed E-state index contributed by atoms with van der Waals surface area (Å²) in [6.45, 7) is 1.48. The van der Waals surface area contributed by atoms with Crippen LogP contribution >= 0.6 is 11.6 Å². The zero-order valence-corrected chi connectivity index (χ0v) is 19.1. The highest BCUT2D eigenvalue weighted by Crippen LogP contribution is 2.29. The van der Waals surface area contributed by atoms with Gasteiger partial charge in [-0.2, -0.15) is 5.10 Å². The van der Waals surface area contributed by atoms with Crippen molar-refractivity contribution < 1.29 is 9.59 Å². The van der Waals surface area contributed by atoms with E-state index in [1.54, 1.807) is 29.6 Å². The first-order valence-electron chi connectivity index (χ1n) is 11.1. The number of nitrogens with zero attached hydrogens (tertiary/aromatic N) is 4. The van der Waals surface area contributed by atoms with Gasteiger partial charge in [-0.05, 0) is 29.8 Å². The van der Waals surface area contributed by atoms with Gasteiger partial charge in [-0.3, -0.25) is 14.5 Å². The Morgan fingerprint density at radius 2 is 1.91 bits per heavy atom. The lowest BCUT2D eigenvalue weighted by atomic mass is 10.1. The molecule has 0 unspecified atom stereocenters. The molecule has 4 aromatic rings. The molecule has 172 valence electrons. The second-order valence-electron chi connectivity index (χ2n) is 8.13. The number of benzene rings is 2. The van der Waals surface area contributed by atoms with E-state index in [2.05, 4.69) is 20.4 Å². The van der Waals surface area contributed by atoms with Gasteiger partial charge < -0.3 is 10.3 Å². The Labute approximate surface area is 201 Å². The molecular weight excluding hydrogens is 452 g/mol. The number of aryl methyl sites for hydroxylation is 1. The Hall–Kier alpha value is -3.91. The van der Waals surface area contributed by atoms with E-state index >= 15 is 0 Å². The number of carbonyl (C=O) groups is 2. The first kappa shape index (κ1) is 21.9. The van der Waals surface area contributed by atoms with Crippen molar-refractivity contribution in [3.8, 4) is 11.3 Å². The number of aromatic amines is 1. The van der Waals surface area contributed by atoms with Crippen molar-refractivity contribution in [2.24, 2.45) is 0 Å². The molecule has 5 rings (SSSR count). The maximum absolute atomic E-state index is 12.7. The second kappa shape index (κ2) is 9.52. The number of H-pyrrole nitrogens is 1. The van der Waals surface area contributed by atoms with Crippen LogP contribution in [0.15, 0.2) is 67.1 Å². The van der Waals surface area contributed by atoms with Gasteiger partial charge in [0.1, 0.15) is 5.82 Å². The minimum Gasteiger partial charge on any atom is -0.352 e. The number of imidazole rings is 1. The number of hydrogen-bond donors (Lipinski definition) is 2. The molecule has 0 saturated heterocycles. The zero-order chi connectivity index (χ0) is 23.5. The molecular formula is C25H23ClN6O2. The number of halogens is 1. The van der Waals surface area contributed by atoms with Crippen molar-refractivity contribution in [1.29, 1.82) is 0 Å². The molecule has 3 heterocycles. The second-order valence-corrected chi connectivity index (χ2v) is 8.56. The Balaban J connectivity index is 1.26. The number of nitrogens with one attached hydrogen (secondary N) is 2. The van der Waals surface area contributed by atoms with Crippen LogP contribution in [0.2, 0.25) is 5.02 Å². The Morgan fingerprint density at radius 1 is 1.12 bits per heavy atom. The lowest BCUT2D eigenvalue weighted by Gasteiger charge is -2.27. The van der Waals surface area contributed by atoms with Gasteiger partial charge in [0.15, 0.2) is 0 Å². The Bertz CT molecular complexity index is 1300. The highest BCUT2D eigenvalue weighted by Gasteiger charge is 2.26. The van der Waals surface area contributed by atoms with Crippen molar-refractivity contribution in [3.63, 3.8) is 0 Å². The molecule has 0 spiro atoms. The first-order valence-corrected chi connectivity index (χ1v) is 11.4. The van der Waals surface area contributed by atoms with Crippen molar-refractivity contribution in [2.45, 2.75) is 25.9 Å². The molecule has 34 heavy (non-hydrogen) atoms. The standard InChI is InChI=1S/C25H23ClN6O2/c26-20-7-5-18(6-8-20)22-13-23-31(24(33)10-12-32(23)30-22)15-17-1-3-19(4-2-17)25(34)28-11-9-21-14-27-16-29-21/h1-8,13-14,16H,9-12,15H2,(H,27,29)(H,28,34). The summed E-state index contributed by atoms with van der Waals surface area (Å²) in [6, 6.07) is 16.8.